The van der Waals surface area contributed by atoms with Gasteiger partial charge in [0.1, 0.15) is 6.61 Å². The molecule has 34 heavy (non-hydrogen) atoms. The Bertz CT molecular complexity index is 988. The largest absolute Gasteiger partial charge is 0.481 e. The lowest BCUT2D eigenvalue weighted by Gasteiger charge is -2.26. The Morgan fingerprint density at radius 3 is 2.15 bits per heavy atom. The highest BCUT2D eigenvalue weighted by Crippen LogP contribution is 2.44. The van der Waals surface area contributed by atoms with Crippen LogP contribution in [0.2, 0.25) is 0 Å². The van der Waals surface area contributed by atoms with E-state index in [0.717, 1.165) is 11.1 Å². The van der Waals surface area contributed by atoms with Crippen molar-refractivity contribution in [2.24, 2.45) is 0 Å². The number of carbonyl (C=O) groups excluding carboxylic acids is 2. The second-order valence-electron chi connectivity index (χ2n) is 9.44. The minimum absolute atomic E-state index is 0.0104. The SMILES string of the molecule is CCC(CCC(=O)O)NC(=O)CCC(C)(C)NC(=O)OCC1c2ccccc2-c2ccccc21. The van der Waals surface area contributed by atoms with Gasteiger partial charge in [-0.05, 0) is 55.4 Å². The molecule has 2 aromatic carbocycles. The number of carbonyl (C=O) groups is 3. The third-order valence-electron chi connectivity index (χ3n) is 6.33. The lowest BCUT2D eigenvalue weighted by atomic mass is 9.97. The Kier molecular flexibility index (Phi) is 8.31. The van der Waals surface area contributed by atoms with Crippen LogP contribution >= 0.6 is 0 Å². The number of nitrogens with one attached hydrogen (secondary N) is 2. The molecule has 1 aliphatic carbocycles. The summed E-state index contributed by atoms with van der Waals surface area (Å²) in [5.74, 6) is -1.04. The summed E-state index contributed by atoms with van der Waals surface area (Å²) in [7, 11) is 0. The molecule has 182 valence electrons. The number of fused-ring (bicyclic) bond motifs is 3. The molecule has 0 saturated heterocycles. The summed E-state index contributed by atoms with van der Waals surface area (Å²) in [6, 6.07) is 16.2. The van der Waals surface area contributed by atoms with Gasteiger partial charge in [0.2, 0.25) is 5.91 Å². The topological polar surface area (TPSA) is 105 Å². The zero-order chi connectivity index (χ0) is 24.7. The van der Waals surface area contributed by atoms with E-state index < -0.39 is 17.6 Å². The summed E-state index contributed by atoms with van der Waals surface area (Å²) in [6.45, 7) is 5.85. The molecule has 0 aliphatic heterocycles. The molecule has 2 aromatic rings. The average molecular weight is 467 g/mol. The second kappa shape index (κ2) is 11.2. The lowest BCUT2D eigenvalue weighted by Crippen LogP contribution is -2.45. The average Bonchev–Trinajstić information content (AvgIpc) is 3.12. The number of hydrogen-bond donors (Lipinski definition) is 3. The normalized spacial score (nSPS) is 13.5. The first kappa shape index (κ1) is 25.3. The quantitative estimate of drug-likeness (QED) is 0.439. The van der Waals surface area contributed by atoms with Gasteiger partial charge in [-0.1, -0.05) is 55.5 Å². The lowest BCUT2D eigenvalue weighted by molar-refractivity contribution is -0.137. The Morgan fingerprint density at radius 1 is 1.00 bits per heavy atom. The summed E-state index contributed by atoms with van der Waals surface area (Å²) < 4.78 is 5.61. The van der Waals surface area contributed by atoms with E-state index >= 15 is 0 Å². The van der Waals surface area contributed by atoms with Gasteiger partial charge in [-0.25, -0.2) is 4.79 Å². The molecule has 7 nitrogen and oxygen atoms in total. The van der Waals surface area contributed by atoms with E-state index in [4.69, 9.17) is 9.84 Å². The maximum atomic E-state index is 12.6. The number of alkyl carbamates (subject to hydrolysis) is 1. The van der Waals surface area contributed by atoms with Crippen LogP contribution in [0.4, 0.5) is 4.79 Å². The van der Waals surface area contributed by atoms with Crippen LogP contribution in [0, 0.1) is 0 Å². The molecule has 1 unspecified atom stereocenters. The van der Waals surface area contributed by atoms with Gasteiger partial charge in [0, 0.05) is 30.3 Å². The highest BCUT2D eigenvalue weighted by atomic mass is 16.5. The number of benzene rings is 2. The predicted octanol–water partition coefficient (Wildman–Crippen LogP) is 4.84. The van der Waals surface area contributed by atoms with Gasteiger partial charge in [0.25, 0.3) is 0 Å². The highest BCUT2D eigenvalue weighted by molar-refractivity contribution is 5.79. The first-order valence-electron chi connectivity index (χ1n) is 11.8. The second-order valence-corrected chi connectivity index (χ2v) is 9.44. The van der Waals surface area contributed by atoms with E-state index in [1.807, 2.05) is 45.0 Å². The van der Waals surface area contributed by atoms with Gasteiger partial charge in [-0.3, -0.25) is 9.59 Å². The number of rotatable bonds is 11. The molecule has 0 bridgehead atoms. The van der Waals surface area contributed by atoms with E-state index in [9.17, 15) is 14.4 Å². The van der Waals surface area contributed by atoms with Crippen LogP contribution in [0.15, 0.2) is 48.5 Å². The Labute approximate surface area is 200 Å². The van der Waals surface area contributed by atoms with Crippen LogP contribution < -0.4 is 10.6 Å². The Morgan fingerprint density at radius 2 is 1.59 bits per heavy atom. The minimum Gasteiger partial charge on any atom is -0.481 e. The Hall–Kier alpha value is -3.35. The zero-order valence-corrected chi connectivity index (χ0v) is 20.1. The van der Waals surface area contributed by atoms with Crippen molar-refractivity contribution in [1.82, 2.24) is 10.6 Å². The van der Waals surface area contributed by atoms with Gasteiger partial charge in [0.05, 0.1) is 0 Å². The van der Waals surface area contributed by atoms with Crippen LogP contribution in [0.25, 0.3) is 11.1 Å². The van der Waals surface area contributed by atoms with E-state index in [1.54, 1.807) is 0 Å². The first-order chi connectivity index (χ1) is 16.2. The number of ether oxygens (including phenoxy) is 1. The van der Waals surface area contributed by atoms with Crippen molar-refractivity contribution in [3.63, 3.8) is 0 Å². The van der Waals surface area contributed by atoms with Crippen molar-refractivity contribution in [2.45, 2.75) is 70.4 Å². The molecule has 0 heterocycles. The van der Waals surface area contributed by atoms with Crippen LogP contribution in [-0.2, 0) is 14.3 Å². The van der Waals surface area contributed by atoms with Gasteiger partial charge < -0.3 is 20.5 Å². The molecule has 2 amide bonds. The number of aliphatic carboxylic acids is 1. The van der Waals surface area contributed by atoms with Gasteiger partial charge in [-0.15, -0.1) is 0 Å². The molecule has 7 heteroatoms. The first-order valence-corrected chi connectivity index (χ1v) is 11.8. The standard InChI is InChI=1S/C27H34N2O5/c1-4-18(13-14-25(31)32)28-24(30)15-16-27(2,3)29-26(33)34-17-23-21-11-7-5-9-19(21)20-10-6-8-12-22(20)23/h5-12,18,23H,4,13-17H2,1-3H3,(H,28,30)(H,29,33)(H,31,32). The smallest absolute Gasteiger partial charge is 0.407 e. The van der Waals surface area contributed by atoms with Crippen molar-refractivity contribution < 1.29 is 24.2 Å². The van der Waals surface area contributed by atoms with Crippen molar-refractivity contribution >= 4 is 18.0 Å². The molecule has 0 radical (unpaired) electrons. The van der Waals surface area contributed by atoms with Gasteiger partial charge in [0.15, 0.2) is 0 Å². The number of carboxylic acid groups (broad SMARTS) is 1. The molecular formula is C27H34N2O5. The predicted molar refractivity (Wildman–Crippen MR) is 131 cm³/mol. The molecule has 1 aliphatic rings. The van der Waals surface area contributed by atoms with E-state index in [0.29, 0.717) is 19.3 Å². The molecule has 0 fully saturated rings. The fourth-order valence-corrected chi connectivity index (χ4v) is 4.38. The molecule has 0 saturated carbocycles. The fraction of sp³-hybridized carbons (Fsp3) is 0.444. The van der Waals surface area contributed by atoms with Crippen molar-refractivity contribution in [1.29, 1.82) is 0 Å². The number of carboxylic acids is 1. The summed E-state index contributed by atoms with van der Waals surface area (Å²) in [5.41, 5.74) is 4.02. The van der Waals surface area contributed by atoms with Crippen molar-refractivity contribution in [3.05, 3.63) is 59.7 Å². The van der Waals surface area contributed by atoms with Crippen LogP contribution in [0.3, 0.4) is 0 Å². The number of amides is 2. The van der Waals surface area contributed by atoms with E-state index in [1.165, 1.54) is 11.1 Å². The molecule has 1 atom stereocenters. The summed E-state index contributed by atoms with van der Waals surface area (Å²) >= 11 is 0. The molecule has 0 spiro atoms. The highest BCUT2D eigenvalue weighted by Gasteiger charge is 2.30. The van der Waals surface area contributed by atoms with Crippen LogP contribution in [-0.4, -0.2) is 41.3 Å². The summed E-state index contributed by atoms with van der Waals surface area (Å²) in [4.78, 5) is 35.6. The van der Waals surface area contributed by atoms with Crippen LogP contribution in [0.1, 0.15) is 69.9 Å². The molecule has 0 aromatic heterocycles. The van der Waals surface area contributed by atoms with Gasteiger partial charge in [-0.2, -0.15) is 0 Å². The monoisotopic (exact) mass is 466 g/mol. The van der Waals surface area contributed by atoms with Crippen LogP contribution in [0.5, 0.6) is 0 Å². The van der Waals surface area contributed by atoms with Crippen molar-refractivity contribution in [2.75, 3.05) is 6.61 Å². The third kappa shape index (κ3) is 6.59. The van der Waals surface area contributed by atoms with E-state index in [2.05, 4.69) is 34.9 Å². The number of hydrogen-bond acceptors (Lipinski definition) is 4. The summed E-state index contributed by atoms with van der Waals surface area (Å²) in [6.07, 6.45) is 1.23. The third-order valence-corrected chi connectivity index (χ3v) is 6.33. The van der Waals surface area contributed by atoms with E-state index in [-0.39, 0.29) is 37.3 Å². The minimum atomic E-state index is -0.874. The zero-order valence-electron chi connectivity index (χ0n) is 20.1. The molecule has 3 rings (SSSR count). The Balaban J connectivity index is 1.49. The fourth-order valence-electron chi connectivity index (χ4n) is 4.38. The molecule has 3 N–H and O–H groups in total. The maximum Gasteiger partial charge on any atom is 0.407 e. The maximum absolute atomic E-state index is 12.6. The summed E-state index contributed by atoms with van der Waals surface area (Å²) in [5, 5.41) is 14.6. The van der Waals surface area contributed by atoms with Gasteiger partial charge >= 0.3 is 12.1 Å². The molecular weight excluding hydrogens is 432 g/mol. The van der Waals surface area contributed by atoms with Crippen molar-refractivity contribution in [3.8, 4) is 11.1 Å².